The van der Waals surface area contributed by atoms with E-state index in [4.69, 9.17) is 14.2 Å². The molecule has 2 aliphatic rings. The molecule has 1 heterocycles. The summed E-state index contributed by atoms with van der Waals surface area (Å²) < 4.78 is 16.3. The van der Waals surface area contributed by atoms with Gasteiger partial charge in [0.2, 0.25) is 0 Å². The van der Waals surface area contributed by atoms with Crippen molar-refractivity contribution in [2.75, 3.05) is 32.9 Å². The van der Waals surface area contributed by atoms with Crippen LogP contribution >= 0.6 is 0 Å². The summed E-state index contributed by atoms with van der Waals surface area (Å²) in [5.74, 6) is -0.0634. The normalized spacial score (nSPS) is 18.4. The molecule has 1 saturated carbocycles. The highest BCUT2D eigenvalue weighted by atomic mass is 16.6. The molecule has 2 atom stereocenters. The average molecular weight is 401 g/mol. The molecule has 0 bridgehead atoms. The van der Waals surface area contributed by atoms with Gasteiger partial charge in [-0.3, -0.25) is 4.79 Å². The van der Waals surface area contributed by atoms with Gasteiger partial charge in [0.05, 0.1) is 32.5 Å². The van der Waals surface area contributed by atoms with Crippen LogP contribution in [0.2, 0.25) is 0 Å². The van der Waals surface area contributed by atoms with Gasteiger partial charge in [0.15, 0.2) is 6.10 Å². The number of rotatable bonds is 9. The summed E-state index contributed by atoms with van der Waals surface area (Å²) in [6.07, 6.45) is 1.12. The number of ether oxygens (including phenoxy) is 3. The first kappa shape index (κ1) is 21.1. The van der Waals surface area contributed by atoms with Gasteiger partial charge in [-0.1, -0.05) is 43.2 Å². The number of benzene rings is 1. The van der Waals surface area contributed by atoms with Crippen molar-refractivity contribution in [2.24, 2.45) is 5.92 Å². The quantitative estimate of drug-likeness (QED) is 0.678. The molecule has 1 aromatic carbocycles. The Kier molecular flexibility index (Phi) is 7.85. The van der Waals surface area contributed by atoms with Crippen molar-refractivity contribution >= 4 is 12.0 Å². The number of nitrogens with zero attached hydrogens (tertiary/aromatic N) is 2. The van der Waals surface area contributed by atoms with Crippen molar-refractivity contribution in [1.29, 1.82) is 5.26 Å². The zero-order valence-corrected chi connectivity index (χ0v) is 16.4. The summed E-state index contributed by atoms with van der Waals surface area (Å²) in [5.41, 5.74) is 0.988. The topological polar surface area (TPSA) is 101 Å². The van der Waals surface area contributed by atoms with E-state index in [2.05, 4.69) is 5.32 Å². The maximum atomic E-state index is 12.7. The minimum absolute atomic E-state index is 0.0602. The van der Waals surface area contributed by atoms with E-state index in [9.17, 15) is 14.9 Å². The number of hydrogen-bond donors (Lipinski definition) is 1. The van der Waals surface area contributed by atoms with Crippen molar-refractivity contribution in [1.82, 2.24) is 10.2 Å². The van der Waals surface area contributed by atoms with Gasteiger partial charge in [-0.25, -0.2) is 4.79 Å². The number of hydrogen-bond acceptors (Lipinski definition) is 6. The molecular weight excluding hydrogens is 374 g/mol. The molecule has 1 aliphatic carbocycles. The summed E-state index contributed by atoms with van der Waals surface area (Å²) in [6.45, 7) is 2.24. The molecule has 1 aliphatic heterocycles. The van der Waals surface area contributed by atoms with Crippen LogP contribution < -0.4 is 5.32 Å². The van der Waals surface area contributed by atoms with Crippen LogP contribution in [0.1, 0.15) is 24.8 Å². The van der Waals surface area contributed by atoms with Crippen molar-refractivity contribution in [3.8, 4) is 6.07 Å². The summed E-state index contributed by atoms with van der Waals surface area (Å²) >= 11 is 0. The van der Waals surface area contributed by atoms with Gasteiger partial charge in [0, 0.05) is 13.1 Å². The fraction of sp³-hybridized carbons (Fsp3) is 0.571. The Morgan fingerprint density at radius 2 is 1.97 bits per heavy atom. The Bertz CT molecular complexity index is 711. The molecule has 2 fully saturated rings. The van der Waals surface area contributed by atoms with E-state index >= 15 is 0 Å². The first-order valence-corrected chi connectivity index (χ1v) is 10.0. The molecule has 156 valence electrons. The molecule has 8 nitrogen and oxygen atoms in total. The molecule has 1 aromatic rings. The van der Waals surface area contributed by atoms with Crippen molar-refractivity contribution in [3.05, 3.63) is 35.9 Å². The number of carbonyl (C=O) groups is 2. The van der Waals surface area contributed by atoms with Gasteiger partial charge in [0.1, 0.15) is 6.04 Å². The summed E-state index contributed by atoms with van der Waals surface area (Å²) in [5, 5.41) is 12.0. The molecule has 3 rings (SSSR count). The van der Waals surface area contributed by atoms with E-state index in [1.807, 2.05) is 36.4 Å². The Balaban J connectivity index is 1.49. The van der Waals surface area contributed by atoms with E-state index < -0.39 is 24.1 Å². The Morgan fingerprint density at radius 3 is 2.62 bits per heavy atom. The Morgan fingerprint density at radius 1 is 1.24 bits per heavy atom. The van der Waals surface area contributed by atoms with Crippen LogP contribution in [0.15, 0.2) is 30.3 Å². The van der Waals surface area contributed by atoms with Gasteiger partial charge >= 0.3 is 6.09 Å². The van der Waals surface area contributed by atoms with Crippen LogP contribution in [0.25, 0.3) is 0 Å². The highest BCUT2D eigenvalue weighted by molar-refractivity contribution is 5.84. The Labute approximate surface area is 170 Å². The molecule has 0 radical (unpaired) electrons. The lowest BCUT2D eigenvalue weighted by atomic mass is 10.1. The van der Waals surface area contributed by atoms with Crippen LogP contribution in [0.4, 0.5) is 4.79 Å². The number of amides is 2. The average Bonchev–Trinajstić information content (AvgIpc) is 3.58. The van der Waals surface area contributed by atoms with Crippen molar-refractivity contribution < 1.29 is 23.8 Å². The number of morpholine rings is 1. The summed E-state index contributed by atoms with van der Waals surface area (Å²) in [4.78, 5) is 26.6. The van der Waals surface area contributed by atoms with Crippen LogP contribution in [-0.4, -0.2) is 62.0 Å². The third-order valence-electron chi connectivity index (χ3n) is 4.92. The highest BCUT2D eigenvalue weighted by Gasteiger charge is 2.34. The molecule has 1 N–H and O–H groups in total. The van der Waals surface area contributed by atoms with Crippen LogP contribution in [-0.2, 0) is 25.6 Å². The molecule has 1 saturated heterocycles. The van der Waals surface area contributed by atoms with E-state index in [-0.39, 0.29) is 6.61 Å². The predicted octanol–water partition coefficient (Wildman–Crippen LogP) is 1.85. The molecule has 2 amide bonds. The molecule has 29 heavy (non-hydrogen) atoms. The minimum Gasteiger partial charge on any atom is -0.436 e. The maximum Gasteiger partial charge on any atom is 0.410 e. The largest absolute Gasteiger partial charge is 0.436 e. The number of nitriles is 1. The first-order chi connectivity index (χ1) is 14.2. The predicted molar refractivity (Wildman–Crippen MR) is 104 cm³/mol. The molecule has 8 heteroatoms. The third kappa shape index (κ3) is 7.04. The highest BCUT2D eigenvalue weighted by Crippen LogP contribution is 2.34. The lowest BCUT2D eigenvalue weighted by Gasteiger charge is -2.28. The van der Waals surface area contributed by atoms with Crippen LogP contribution in [0, 0.1) is 17.2 Å². The number of nitrogens with one attached hydrogen (secondary N) is 1. The third-order valence-corrected chi connectivity index (χ3v) is 4.92. The van der Waals surface area contributed by atoms with Gasteiger partial charge in [-0.05, 0) is 17.9 Å². The molecular formula is C21H27N3O5. The monoisotopic (exact) mass is 401 g/mol. The van der Waals surface area contributed by atoms with Crippen LogP contribution in [0.3, 0.4) is 0 Å². The second-order valence-corrected chi connectivity index (χ2v) is 7.34. The molecule has 0 aromatic heterocycles. The Hall–Kier alpha value is -2.63. The zero-order valence-electron chi connectivity index (χ0n) is 16.4. The van der Waals surface area contributed by atoms with Crippen molar-refractivity contribution in [2.45, 2.75) is 38.0 Å². The van der Waals surface area contributed by atoms with E-state index in [1.54, 1.807) is 4.90 Å². The van der Waals surface area contributed by atoms with Gasteiger partial charge in [-0.2, -0.15) is 5.26 Å². The fourth-order valence-electron chi connectivity index (χ4n) is 3.05. The van der Waals surface area contributed by atoms with E-state index in [1.165, 1.54) is 0 Å². The molecule has 0 spiro atoms. The van der Waals surface area contributed by atoms with E-state index in [0.29, 0.717) is 45.2 Å². The molecule has 2 unspecified atom stereocenters. The second kappa shape index (κ2) is 10.8. The SMILES string of the molecule is N#CC(COCc1ccccc1)NC(=O)C(CC1CC1)OC(=O)N1CCOCC1. The van der Waals surface area contributed by atoms with Crippen molar-refractivity contribution in [3.63, 3.8) is 0 Å². The van der Waals surface area contributed by atoms with E-state index in [0.717, 1.165) is 18.4 Å². The van der Waals surface area contributed by atoms with Gasteiger partial charge in [0.25, 0.3) is 5.91 Å². The number of carbonyl (C=O) groups excluding carboxylic acids is 2. The maximum absolute atomic E-state index is 12.7. The van der Waals surface area contributed by atoms with Gasteiger partial charge in [-0.15, -0.1) is 0 Å². The second-order valence-electron chi connectivity index (χ2n) is 7.34. The smallest absolute Gasteiger partial charge is 0.410 e. The minimum atomic E-state index is -0.900. The summed E-state index contributed by atoms with van der Waals surface area (Å²) in [6, 6.07) is 10.8. The van der Waals surface area contributed by atoms with Gasteiger partial charge < -0.3 is 24.4 Å². The lowest BCUT2D eigenvalue weighted by Crippen LogP contribution is -2.48. The first-order valence-electron chi connectivity index (χ1n) is 10.0. The fourth-order valence-corrected chi connectivity index (χ4v) is 3.05. The zero-order chi connectivity index (χ0) is 20.5. The summed E-state index contributed by atoms with van der Waals surface area (Å²) in [7, 11) is 0. The van der Waals surface area contributed by atoms with Crippen LogP contribution in [0.5, 0.6) is 0 Å². The standard InChI is InChI=1S/C21H27N3O5/c22-13-18(15-28-14-17-4-2-1-3-5-17)23-20(25)19(12-16-6-7-16)29-21(26)24-8-10-27-11-9-24/h1-5,16,18-19H,6-12,14-15H2,(H,23,25). The lowest BCUT2D eigenvalue weighted by molar-refractivity contribution is -0.131.